The lowest BCUT2D eigenvalue weighted by molar-refractivity contribution is 0.0624. The van der Waals surface area contributed by atoms with Crippen molar-refractivity contribution in [3.63, 3.8) is 0 Å². The smallest absolute Gasteiger partial charge is 0.256 e. The molecular formula is C15H24N4O. The van der Waals surface area contributed by atoms with Gasteiger partial charge in [0.25, 0.3) is 5.91 Å². The molecular weight excluding hydrogens is 252 g/mol. The van der Waals surface area contributed by atoms with Crippen molar-refractivity contribution in [3.8, 4) is 0 Å². The first-order valence-electron chi connectivity index (χ1n) is 7.25. The first-order valence-corrected chi connectivity index (χ1v) is 7.25. The molecule has 2 heterocycles. The quantitative estimate of drug-likeness (QED) is 0.906. The SMILES string of the molecule is CNc1cnccc1C(=O)N1CCN(CC(C)C)CC1. The van der Waals surface area contributed by atoms with Crippen molar-refractivity contribution in [1.29, 1.82) is 0 Å². The maximum Gasteiger partial charge on any atom is 0.256 e. The lowest BCUT2D eigenvalue weighted by Crippen LogP contribution is -2.49. The van der Waals surface area contributed by atoms with Crippen molar-refractivity contribution in [2.24, 2.45) is 5.92 Å². The maximum absolute atomic E-state index is 12.5. The Morgan fingerprint density at radius 3 is 2.65 bits per heavy atom. The minimum absolute atomic E-state index is 0.0981. The molecule has 1 N–H and O–H groups in total. The van der Waals surface area contributed by atoms with Gasteiger partial charge < -0.3 is 10.2 Å². The summed E-state index contributed by atoms with van der Waals surface area (Å²) in [5.41, 5.74) is 1.50. The minimum atomic E-state index is 0.0981. The van der Waals surface area contributed by atoms with Crippen LogP contribution in [0, 0.1) is 5.92 Å². The van der Waals surface area contributed by atoms with E-state index < -0.39 is 0 Å². The highest BCUT2D eigenvalue weighted by atomic mass is 16.2. The lowest BCUT2D eigenvalue weighted by Gasteiger charge is -2.35. The van der Waals surface area contributed by atoms with Crippen molar-refractivity contribution in [2.75, 3.05) is 45.1 Å². The summed E-state index contributed by atoms with van der Waals surface area (Å²) in [7, 11) is 1.81. The average molecular weight is 276 g/mol. The second kappa shape index (κ2) is 6.70. The standard InChI is InChI=1S/C15H24N4O/c1-12(2)11-18-6-8-19(9-7-18)15(20)13-4-5-17-10-14(13)16-3/h4-5,10,12,16H,6-9,11H2,1-3H3. The molecule has 1 aromatic rings. The third-order valence-corrected chi connectivity index (χ3v) is 3.60. The van der Waals surface area contributed by atoms with Gasteiger partial charge in [0.15, 0.2) is 0 Å². The number of carbonyl (C=O) groups excluding carboxylic acids is 1. The summed E-state index contributed by atoms with van der Waals surface area (Å²) in [6.07, 6.45) is 3.37. The molecule has 2 rings (SSSR count). The molecule has 1 aliphatic heterocycles. The summed E-state index contributed by atoms with van der Waals surface area (Å²) in [4.78, 5) is 21.0. The summed E-state index contributed by atoms with van der Waals surface area (Å²) >= 11 is 0. The molecule has 1 amide bonds. The third kappa shape index (κ3) is 3.48. The number of nitrogens with zero attached hydrogens (tertiary/aromatic N) is 3. The zero-order chi connectivity index (χ0) is 14.5. The van der Waals surface area contributed by atoms with Gasteiger partial charge in [0.05, 0.1) is 17.4 Å². The number of amides is 1. The molecule has 1 aliphatic rings. The van der Waals surface area contributed by atoms with E-state index in [2.05, 4.69) is 29.0 Å². The molecule has 0 aliphatic carbocycles. The van der Waals surface area contributed by atoms with Crippen LogP contribution >= 0.6 is 0 Å². The van der Waals surface area contributed by atoms with Crippen LogP contribution in [0.25, 0.3) is 0 Å². The predicted molar refractivity (Wildman–Crippen MR) is 81.0 cm³/mol. The summed E-state index contributed by atoms with van der Waals surface area (Å²) < 4.78 is 0. The summed E-state index contributed by atoms with van der Waals surface area (Å²) in [6.45, 7) is 9.10. The number of rotatable bonds is 4. The fourth-order valence-corrected chi connectivity index (χ4v) is 2.60. The third-order valence-electron chi connectivity index (χ3n) is 3.60. The fourth-order valence-electron chi connectivity index (χ4n) is 2.60. The molecule has 5 heteroatoms. The Labute approximate surface area is 121 Å². The van der Waals surface area contributed by atoms with Crippen molar-refractivity contribution < 1.29 is 4.79 Å². The monoisotopic (exact) mass is 276 g/mol. The van der Waals surface area contributed by atoms with Gasteiger partial charge in [-0.1, -0.05) is 13.8 Å². The maximum atomic E-state index is 12.5. The number of piperazine rings is 1. The molecule has 5 nitrogen and oxygen atoms in total. The Hall–Kier alpha value is -1.62. The van der Waals surface area contributed by atoms with Crippen LogP contribution in [-0.2, 0) is 0 Å². The predicted octanol–water partition coefficient (Wildman–Crippen LogP) is 1.54. The normalized spacial score (nSPS) is 16.5. The van der Waals surface area contributed by atoms with E-state index in [1.807, 2.05) is 11.9 Å². The van der Waals surface area contributed by atoms with E-state index in [9.17, 15) is 4.79 Å². The Kier molecular flexibility index (Phi) is 4.95. The van der Waals surface area contributed by atoms with E-state index in [4.69, 9.17) is 0 Å². The Balaban J connectivity index is 1.98. The van der Waals surface area contributed by atoms with Crippen LogP contribution < -0.4 is 5.32 Å². The number of nitrogens with one attached hydrogen (secondary N) is 1. The largest absolute Gasteiger partial charge is 0.386 e. The zero-order valence-corrected chi connectivity index (χ0v) is 12.6. The average Bonchev–Trinajstić information content (AvgIpc) is 2.46. The molecule has 0 saturated carbocycles. The van der Waals surface area contributed by atoms with Crippen molar-refractivity contribution in [2.45, 2.75) is 13.8 Å². The minimum Gasteiger partial charge on any atom is -0.386 e. The highest BCUT2D eigenvalue weighted by Gasteiger charge is 2.23. The first kappa shape index (κ1) is 14.8. The van der Waals surface area contributed by atoms with E-state index in [1.54, 1.807) is 18.5 Å². The molecule has 1 fully saturated rings. The number of pyridine rings is 1. The van der Waals surface area contributed by atoms with Gasteiger partial charge in [0.1, 0.15) is 0 Å². The van der Waals surface area contributed by atoms with E-state index in [1.165, 1.54) is 0 Å². The molecule has 0 bridgehead atoms. The van der Waals surface area contributed by atoms with E-state index in [-0.39, 0.29) is 5.91 Å². The van der Waals surface area contributed by atoms with Crippen molar-refractivity contribution >= 4 is 11.6 Å². The zero-order valence-electron chi connectivity index (χ0n) is 12.6. The second-order valence-electron chi connectivity index (χ2n) is 5.66. The van der Waals surface area contributed by atoms with Gasteiger partial charge in [-0.2, -0.15) is 0 Å². The number of carbonyl (C=O) groups is 1. The molecule has 0 spiro atoms. The van der Waals surface area contributed by atoms with Crippen LogP contribution in [0.5, 0.6) is 0 Å². The lowest BCUT2D eigenvalue weighted by atomic mass is 10.1. The molecule has 0 atom stereocenters. The van der Waals surface area contributed by atoms with Crippen LogP contribution in [0.3, 0.4) is 0 Å². The van der Waals surface area contributed by atoms with Crippen LogP contribution in [0.4, 0.5) is 5.69 Å². The van der Waals surface area contributed by atoms with Crippen LogP contribution in [0.1, 0.15) is 24.2 Å². The van der Waals surface area contributed by atoms with Gasteiger partial charge in [-0.15, -0.1) is 0 Å². The molecule has 1 saturated heterocycles. The Bertz CT molecular complexity index is 453. The summed E-state index contributed by atoms with van der Waals surface area (Å²) in [5.74, 6) is 0.772. The number of anilines is 1. The molecule has 110 valence electrons. The van der Waals surface area contributed by atoms with Crippen LogP contribution in [-0.4, -0.2) is 60.5 Å². The van der Waals surface area contributed by atoms with Crippen molar-refractivity contribution in [3.05, 3.63) is 24.0 Å². The molecule has 0 radical (unpaired) electrons. The van der Waals surface area contributed by atoms with Gasteiger partial charge in [-0.3, -0.25) is 14.7 Å². The van der Waals surface area contributed by atoms with Gasteiger partial charge in [-0.25, -0.2) is 0 Å². The molecule has 1 aromatic heterocycles. The number of hydrogen-bond donors (Lipinski definition) is 1. The van der Waals surface area contributed by atoms with Gasteiger partial charge in [0.2, 0.25) is 0 Å². The highest BCUT2D eigenvalue weighted by Crippen LogP contribution is 2.16. The molecule has 0 unspecified atom stereocenters. The van der Waals surface area contributed by atoms with E-state index >= 15 is 0 Å². The number of hydrogen-bond acceptors (Lipinski definition) is 4. The van der Waals surface area contributed by atoms with Gasteiger partial charge >= 0.3 is 0 Å². The van der Waals surface area contributed by atoms with Crippen LogP contribution in [0.2, 0.25) is 0 Å². The molecule has 0 aromatic carbocycles. The van der Waals surface area contributed by atoms with Gasteiger partial charge in [0, 0.05) is 46.0 Å². The van der Waals surface area contributed by atoms with E-state index in [0.717, 1.165) is 38.4 Å². The number of aromatic nitrogens is 1. The van der Waals surface area contributed by atoms with E-state index in [0.29, 0.717) is 11.5 Å². The highest BCUT2D eigenvalue weighted by molar-refractivity contribution is 5.99. The van der Waals surface area contributed by atoms with Crippen molar-refractivity contribution in [1.82, 2.24) is 14.8 Å². The Morgan fingerprint density at radius 2 is 2.05 bits per heavy atom. The molecule has 20 heavy (non-hydrogen) atoms. The topological polar surface area (TPSA) is 48.5 Å². The second-order valence-corrected chi connectivity index (χ2v) is 5.66. The first-order chi connectivity index (χ1) is 9.61. The van der Waals surface area contributed by atoms with Crippen LogP contribution in [0.15, 0.2) is 18.5 Å². The fraction of sp³-hybridized carbons (Fsp3) is 0.600. The summed E-state index contributed by atoms with van der Waals surface area (Å²) in [5, 5.41) is 3.03. The van der Waals surface area contributed by atoms with Gasteiger partial charge in [-0.05, 0) is 12.0 Å². The summed E-state index contributed by atoms with van der Waals surface area (Å²) in [6, 6.07) is 1.79. The Morgan fingerprint density at radius 1 is 1.35 bits per heavy atom.